The third-order valence-electron chi connectivity index (χ3n) is 3.54. The summed E-state index contributed by atoms with van der Waals surface area (Å²) in [5, 5.41) is 16.3. The third-order valence-corrected chi connectivity index (χ3v) is 4.34. The Hall–Kier alpha value is -1.95. The van der Waals surface area contributed by atoms with Crippen molar-refractivity contribution in [2.75, 3.05) is 0 Å². The van der Waals surface area contributed by atoms with Crippen LogP contribution in [0.2, 0.25) is 0 Å². The Kier molecular flexibility index (Phi) is 9.01. The highest BCUT2D eigenvalue weighted by atomic mass is 32.2. The van der Waals surface area contributed by atoms with Crippen LogP contribution in [0.3, 0.4) is 0 Å². The lowest BCUT2D eigenvalue weighted by atomic mass is 10.1. The second kappa shape index (κ2) is 10.8. The summed E-state index contributed by atoms with van der Waals surface area (Å²) in [5.74, 6) is -0.714. The standard InChI is InChI=1S/C18H27N3O2S/c1-13(19)18(14(2)20)21-24-16-10-7-9-15(12-16)8-5-3-4-6-11-17(22)23/h7,9-10,12,19,21H,3-6,8,11,20H2,1-2H3,(H,22,23)/b18-14+,19-13?. The summed E-state index contributed by atoms with van der Waals surface area (Å²) in [5.41, 5.74) is 8.72. The van der Waals surface area contributed by atoms with Gasteiger partial charge >= 0.3 is 5.97 Å². The smallest absolute Gasteiger partial charge is 0.303 e. The SMILES string of the molecule is CC(=N)/C(NSc1cccc(CCCCCCC(=O)O)c1)=C(/C)N. The van der Waals surface area contributed by atoms with Crippen LogP contribution in [-0.2, 0) is 11.2 Å². The summed E-state index contributed by atoms with van der Waals surface area (Å²) >= 11 is 1.46. The van der Waals surface area contributed by atoms with E-state index < -0.39 is 5.97 Å². The molecule has 0 bridgehead atoms. The fourth-order valence-corrected chi connectivity index (χ4v) is 3.18. The molecule has 1 aromatic rings. The Morgan fingerprint density at radius 3 is 2.58 bits per heavy atom. The van der Waals surface area contributed by atoms with Gasteiger partial charge in [0.15, 0.2) is 0 Å². The lowest BCUT2D eigenvalue weighted by molar-refractivity contribution is -0.137. The molecule has 0 saturated heterocycles. The van der Waals surface area contributed by atoms with Crippen molar-refractivity contribution in [2.45, 2.75) is 57.3 Å². The fourth-order valence-electron chi connectivity index (χ4n) is 2.29. The summed E-state index contributed by atoms with van der Waals surface area (Å²) in [4.78, 5) is 11.5. The van der Waals surface area contributed by atoms with Crippen molar-refractivity contribution in [1.29, 1.82) is 5.41 Å². The van der Waals surface area contributed by atoms with E-state index in [9.17, 15) is 4.79 Å². The summed E-state index contributed by atoms with van der Waals surface area (Å²) in [7, 11) is 0. The molecule has 0 aliphatic rings. The number of carboxylic acids is 1. The van der Waals surface area contributed by atoms with E-state index in [4.69, 9.17) is 16.2 Å². The quantitative estimate of drug-likeness (QED) is 0.274. The number of benzene rings is 1. The zero-order valence-corrected chi connectivity index (χ0v) is 15.2. The number of carboxylic acid groups (broad SMARTS) is 1. The zero-order valence-electron chi connectivity index (χ0n) is 14.4. The second-order valence-corrected chi connectivity index (χ2v) is 6.72. The molecule has 5 nitrogen and oxygen atoms in total. The van der Waals surface area contributed by atoms with Gasteiger partial charge in [0, 0.05) is 17.0 Å². The van der Waals surface area contributed by atoms with Gasteiger partial charge in [-0.05, 0) is 62.8 Å². The predicted octanol–water partition coefficient (Wildman–Crippen LogP) is 4.09. The number of nitrogens with two attached hydrogens (primary N) is 1. The van der Waals surface area contributed by atoms with E-state index in [0.29, 0.717) is 17.1 Å². The van der Waals surface area contributed by atoms with Crippen molar-refractivity contribution < 1.29 is 9.90 Å². The van der Waals surface area contributed by atoms with Gasteiger partial charge in [0.2, 0.25) is 0 Å². The highest BCUT2D eigenvalue weighted by Crippen LogP contribution is 2.19. The van der Waals surface area contributed by atoms with Crippen LogP contribution in [0.4, 0.5) is 0 Å². The van der Waals surface area contributed by atoms with Crippen molar-refractivity contribution in [3.8, 4) is 0 Å². The fraction of sp³-hybridized carbons (Fsp3) is 0.444. The van der Waals surface area contributed by atoms with Crippen LogP contribution in [0.25, 0.3) is 0 Å². The van der Waals surface area contributed by atoms with E-state index in [1.807, 2.05) is 12.1 Å². The maximum absolute atomic E-state index is 10.5. The molecule has 0 atom stereocenters. The van der Waals surface area contributed by atoms with Crippen LogP contribution in [0, 0.1) is 5.41 Å². The van der Waals surface area contributed by atoms with Crippen LogP contribution in [-0.4, -0.2) is 16.8 Å². The van der Waals surface area contributed by atoms with Gasteiger partial charge in [-0.3, -0.25) is 4.79 Å². The molecule has 0 saturated carbocycles. The zero-order chi connectivity index (χ0) is 17.9. The number of carbonyl (C=O) groups is 1. The number of rotatable bonds is 11. The average molecular weight is 350 g/mol. The van der Waals surface area contributed by atoms with Gasteiger partial charge in [-0.1, -0.05) is 25.0 Å². The van der Waals surface area contributed by atoms with Gasteiger partial charge in [0.25, 0.3) is 0 Å². The maximum Gasteiger partial charge on any atom is 0.303 e. The largest absolute Gasteiger partial charge is 0.481 e. The van der Waals surface area contributed by atoms with Gasteiger partial charge in [0.1, 0.15) is 0 Å². The molecule has 0 radical (unpaired) electrons. The summed E-state index contributed by atoms with van der Waals surface area (Å²) in [6.45, 7) is 3.49. The molecule has 5 N–H and O–H groups in total. The molecular weight excluding hydrogens is 322 g/mol. The minimum absolute atomic E-state index is 0.265. The molecular formula is C18H27N3O2S. The number of aliphatic carboxylic acids is 1. The first kappa shape index (κ1) is 20.1. The Morgan fingerprint density at radius 2 is 1.96 bits per heavy atom. The molecule has 1 rings (SSSR count). The minimum Gasteiger partial charge on any atom is -0.481 e. The topological polar surface area (TPSA) is 99.2 Å². The Labute approximate surface area is 148 Å². The molecule has 0 aliphatic carbocycles. The number of aryl methyl sites for hydroxylation is 1. The van der Waals surface area contributed by atoms with Crippen LogP contribution in [0.15, 0.2) is 40.6 Å². The number of hydrogen-bond donors (Lipinski definition) is 4. The number of nitrogens with one attached hydrogen (secondary N) is 2. The predicted molar refractivity (Wildman–Crippen MR) is 100 cm³/mol. The van der Waals surface area contributed by atoms with Gasteiger partial charge in [-0.15, -0.1) is 0 Å². The maximum atomic E-state index is 10.5. The van der Waals surface area contributed by atoms with E-state index in [-0.39, 0.29) is 6.42 Å². The van der Waals surface area contributed by atoms with Crippen LogP contribution >= 0.6 is 11.9 Å². The van der Waals surface area contributed by atoms with Gasteiger partial charge in [-0.25, -0.2) is 0 Å². The molecule has 0 heterocycles. The van der Waals surface area contributed by atoms with E-state index in [2.05, 4.69) is 16.9 Å². The van der Waals surface area contributed by atoms with Gasteiger partial charge in [0.05, 0.1) is 11.4 Å². The molecule has 0 aromatic heterocycles. The summed E-state index contributed by atoms with van der Waals surface area (Å²) in [6.07, 6.45) is 5.09. The molecule has 0 unspecified atom stereocenters. The lowest BCUT2D eigenvalue weighted by Gasteiger charge is -2.11. The Morgan fingerprint density at radius 1 is 1.25 bits per heavy atom. The summed E-state index contributed by atoms with van der Waals surface area (Å²) < 4.78 is 3.15. The lowest BCUT2D eigenvalue weighted by Crippen LogP contribution is -2.16. The van der Waals surface area contributed by atoms with Gasteiger partial charge < -0.3 is 21.0 Å². The number of hydrogen-bond acceptors (Lipinski definition) is 5. The van der Waals surface area contributed by atoms with Crippen LogP contribution in [0.5, 0.6) is 0 Å². The molecule has 0 spiro atoms. The normalized spacial score (nSPS) is 11.8. The third kappa shape index (κ3) is 8.06. The highest BCUT2D eigenvalue weighted by molar-refractivity contribution is 7.97. The first-order valence-corrected chi connectivity index (χ1v) is 8.97. The Balaban J connectivity index is 2.42. The molecule has 6 heteroatoms. The molecule has 0 aliphatic heterocycles. The minimum atomic E-state index is -0.714. The van der Waals surface area contributed by atoms with Crippen molar-refractivity contribution in [2.24, 2.45) is 5.73 Å². The summed E-state index contributed by atoms with van der Waals surface area (Å²) in [6, 6.07) is 8.29. The van der Waals surface area contributed by atoms with Crippen molar-refractivity contribution in [1.82, 2.24) is 4.72 Å². The van der Waals surface area contributed by atoms with Crippen LogP contribution in [0.1, 0.15) is 51.5 Å². The number of unbranched alkanes of at least 4 members (excludes halogenated alkanes) is 3. The van der Waals surface area contributed by atoms with E-state index in [1.54, 1.807) is 13.8 Å². The van der Waals surface area contributed by atoms with Gasteiger partial charge in [-0.2, -0.15) is 0 Å². The first-order chi connectivity index (χ1) is 11.4. The first-order valence-electron chi connectivity index (χ1n) is 8.15. The van der Waals surface area contributed by atoms with Crippen molar-refractivity contribution in [3.05, 3.63) is 41.2 Å². The highest BCUT2D eigenvalue weighted by Gasteiger charge is 2.04. The molecule has 0 fully saturated rings. The number of allylic oxidation sites excluding steroid dienone is 2. The Bertz CT molecular complexity index is 596. The molecule has 0 amide bonds. The van der Waals surface area contributed by atoms with E-state index in [1.165, 1.54) is 17.5 Å². The van der Waals surface area contributed by atoms with E-state index >= 15 is 0 Å². The molecule has 1 aromatic carbocycles. The molecule has 132 valence electrons. The second-order valence-electron chi connectivity index (χ2n) is 5.84. The van der Waals surface area contributed by atoms with E-state index in [0.717, 1.165) is 37.0 Å². The van der Waals surface area contributed by atoms with Crippen molar-refractivity contribution in [3.63, 3.8) is 0 Å². The van der Waals surface area contributed by atoms with Crippen LogP contribution < -0.4 is 10.5 Å². The van der Waals surface area contributed by atoms with Crippen molar-refractivity contribution >= 4 is 23.6 Å². The average Bonchev–Trinajstić information content (AvgIpc) is 2.50. The monoisotopic (exact) mass is 349 g/mol. The molecule has 24 heavy (non-hydrogen) atoms.